The number of aromatic nitrogens is 3. The van der Waals surface area contributed by atoms with E-state index in [9.17, 15) is 13.2 Å². The lowest BCUT2D eigenvalue weighted by Gasteiger charge is -2.23. The van der Waals surface area contributed by atoms with Gasteiger partial charge in [0, 0.05) is 42.6 Å². The molecule has 2 amide bonds. The number of nitrogens with one attached hydrogen (secondary N) is 1. The molecule has 0 aliphatic carbocycles. The lowest BCUT2D eigenvalue weighted by molar-refractivity contribution is 0.203. The monoisotopic (exact) mass is 488 g/mol. The Labute approximate surface area is 203 Å². The van der Waals surface area contributed by atoms with E-state index in [1.54, 1.807) is 17.3 Å². The molecule has 1 aliphatic heterocycles. The molecule has 1 atom stereocenters. The van der Waals surface area contributed by atoms with E-state index in [1.807, 2.05) is 36.4 Å². The number of urea groups is 1. The number of nitrogens with two attached hydrogens (primary N) is 1. The fraction of sp³-hybridized carbons (Fsp3) is 0.200. The average molecular weight is 489 g/mol. The number of hydrogen-bond donors (Lipinski definition) is 2. The van der Waals surface area contributed by atoms with Gasteiger partial charge in [-0.3, -0.25) is 15.0 Å². The molecular formula is C25H24N6O3S. The van der Waals surface area contributed by atoms with Crippen LogP contribution in [0.2, 0.25) is 0 Å². The highest BCUT2D eigenvalue weighted by Gasteiger charge is 2.28. The van der Waals surface area contributed by atoms with Crippen LogP contribution in [0, 0.1) is 0 Å². The third-order valence-electron chi connectivity index (χ3n) is 6.18. The molecule has 5 rings (SSSR count). The number of hydrogen-bond acceptors (Lipinski definition) is 7. The number of benzene rings is 2. The van der Waals surface area contributed by atoms with Gasteiger partial charge in [-0.1, -0.05) is 24.3 Å². The van der Waals surface area contributed by atoms with Crippen molar-refractivity contribution >= 4 is 38.3 Å². The molecule has 9 nitrogen and oxygen atoms in total. The SMILES string of the molecule is CS(=O)(=O)c1ccncc1Nc1cc(-c2ccc(C3CCCN3C(N)=O)cc2)c2nccnc2c1. The van der Waals surface area contributed by atoms with Gasteiger partial charge in [0.15, 0.2) is 9.84 Å². The first kappa shape index (κ1) is 22.7. The highest BCUT2D eigenvalue weighted by molar-refractivity contribution is 7.90. The molecule has 35 heavy (non-hydrogen) atoms. The summed E-state index contributed by atoms with van der Waals surface area (Å²) in [6.07, 6.45) is 9.15. The Bertz CT molecular complexity index is 1520. The van der Waals surface area contributed by atoms with Crippen molar-refractivity contribution in [3.8, 4) is 11.1 Å². The molecule has 0 bridgehead atoms. The molecule has 0 saturated carbocycles. The van der Waals surface area contributed by atoms with E-state index in [1.165, 1.54) is 18.5 Å². The number of sulfone groups is 1. The lowest BCUT2D eigenvalue weighted by Crippen LogP contribution is -2.35. The summed E-state index contributed by atoms with van der Waals surface area (Å²) in [6.45, 7) is 0.666. The molecular weight excluding hydrogens is 464 g/mol. The maximum absolute atomic E-state index is 12.2. The van der Waals surface area contributed by atoms with E-state index in [2.05, 4.69) is 20.3 Å². The number of carbonyl (C=O) groups excluding carboxylic acids is 1. The first-order valence-corrected chi connectivity index (χ1v) is 13.0. The molecule has 2 aromatic carbocycles. The van der Waals surface area contributed by atoms with Crippen LogP contribution in [0.3, 0.4) is 0 Å². The second kappa shape index (κ2) is 8.95. The number of amides is 2. The van der Waals surface area contributed by atoms with Crippen molar-refractivity contribution in [1.29, 1.82) is 0 Å². The summed E-state index contributed by atoms with van der Waals surface area (Å²) < 4.78 is 24.5. The van der Waals surface area contributed by atoms with Crippen molar-refractivity contribution in [1.82, 2.24) is 19.9 Å². The number of anilines is 2. The Kier molecular flexibility index (Phi) is 5.81. The number of fused-ring (bicyclic) bond motifs is 1. The predicted molar refractivity (Wildman–Crippen MR) is 134 cm³/mol. The van der Waals surface area contributed by atoms with Gasteiger partial charge in [-0.05, 0) is 42.2 Å². The molecule has 3 heterocycles. The molecule has 1 saturated heterocycles. The Morgan fingerprint density at radius 3 is 2.60 bits per heavy atom. The molecule has 0 radical (unpaired) electrons. The summed E-state index contributed by atoms with van der Waals surface area (Å²) in [5.74, 6) is 0. The van der Waals surface area contributed by atoms with Crippen molar-refractivity contribution in [3.63, 3.8) is 0 Å². The Hall–Kier alpha value is -4.05. The summed E-state index contributed by atoms with van der Waals surface area (Å²) in [7, 11) is -3.45. The number of primary amides is 1. The fourth-order valence-electron chi connectivity index (χ4n) is 4.58. The number of likely N-dealkylation sites (tertiary alicyclic amines) is 1. The molecule has 1 fully saturated rings. The van der Waals surface area contributed by atoms with E-state index in [4.69, 9.17) is 5.73 Å². The highest BCUT2D eigenvalue weighted by atomic mass is 32.2. The first-order valence-electron chi connectivity index (χ1n) is 11.1. The standard InChI is InChI=1S/C25H24N6O3S/c1-35(33,34)23-8-9-27-15-21(23)30-18-13-19(24-20(14-18)28-10-11-29-24)16-4-6-17(7-5-16)22-3-2-12-31(22)25(26)32/h4-11,13-15,22,30H,2-3,12H2,1H3,(H2,26,32). The van der Waals surface area contributed by atoms with Crippen LogP contribution in [0.15, 0.2) is 72.1 Å². The summed E-state index contributed by atoms with van der Waals surface area (Å²) in [5, 5.41) is 3.19. The van der Waals surface area contributed by atoms with Gasteiger partial charge >= 0.3 is 6.03 Å². The van der Waals surface area contributed by atoms with Gasteiger partial charge in [0.1, 0.15) is 0 Å². The summed E-state index contributed by atoms with van der Waals surface area (Å²) >= 11 is 0. The normalized spacial score (nSPS) is 15.9. The molecule has 3 N–H and O–H groups in total. The van der Waals surface area contributed by atoms with Crippen LogP contribution in [-0.4, -0.2) is 47.1 Å². The number of carbonyl (C=O) groups is 1. The van der Waals surface area contributed by atoms with Crippen LogP contribution in [-0.2, 0) is 9.84 Å². The second-order valence-corrected chi connectivity index (χ2v) is 10.5. The minimum Gasteiger partial charge on any atom is -0.353 e. The zero-order valence-electron chi connectivity index (χ0n) is 19.0. The molecule has 1 aliphatic rings. The van der Waals surface area contributed by atoms with Gasteiger partial charge in [0.25, 0.3) is 0 Å². The Morgan fingerprint density at radius 2 is 1.86 bits per heavy atom. The van der Waals surface area contributed by atoms with Gasteiger partial charge in [0.05, 0.1) is 33.9 Å². The maximum atomic E-state index is 12.2. The lowest BCUT2D eigenvalue weighted by atomic mass is 9.98. The van der Waals surface area contributed by atoms with Gasteiger partial charge in [-0.2, -0.15) is 0 Å². The highest BCUT2D eigenvalue weighted by Crippen LogP contribution is 2.35. The molecule has 4 aromatic rings. The van der Waals surface area contributed by atoms with Crippen molar-refractivity contribution in [2.75, 3.05) is 18.1 Å². The third-order valence-corrected chi connectivity index (χ3v) is 7.33. The van der Waals surface area contributed by atoms with Crippen LogP contribution in [0.25, 0.3) is 22.2 Å². The molecule has 178 valence electrons. The van der Waals surface area contributed by atoms with Crippen molar-refractivity contribution in [2.45, 2.75) is 23.8 Å². The quantitative estimate of drug-likeness (QED) is 0.433. The molecule has 1 unspecified atom stereocenters. The van der Waals surface area contributed by atoms with Crippen LogP contribution in [0.1, 0.15) is 24.4 Å². The van der Waals surface area contributed by atoms with Gasteiger partial charge < -0.3 is 16.0 Å². The van der Waals surface area contributed by atoms with E-state index < -0.39 is 15.9 Å². The third kappa shape index (κ3) is 4.52. The minimum atomic E-state index is -3.45. The van der Waals surface area contributed by atoms with Crippen LogP contribution >= 0.6 is 0 Å². The van der Waals surface area contributed by atoms with Crippen molar-refractivity contribution in [2.24, 2.45) is 5.73 Å². The minimum absolute atomic E-state index is 0.0221. The van der Waals surface area contributed by atoms with Crippen LogP contribution in [0.4, 0.5) is 16.2 Å². The summed E-state index contributed by atoms with van der Waals surface area (Å²) in [6, 6.07) is 12.8. The molecule has 0 spiro atoms. The van der Waals surface area contributed by atoms with E-state index in [0.717, 1.165) is 41.3 Å². The van der Waals surface area contributed by atoms with Gasteiger partial charge in [0.2, 0.25) is 0 Å². The number of pyridine rings is 1. The fourth-order valence-corrected chi connectivity index (χ4v) is 5.39. The predicted octanol–water partition coefficient (Wildman–Crippen LogP) is 4.05. The Morgan fingerprint density at radius 1 is 1.09 bits per heavy atom. The summed E-state index contributed by atoms with van der Waals surface area (Å²) in [4.78, 5) is 26.7. The van der Waals surface area contributed by atoms with Crippen LogP contribution in [0.5, 0.6) is 0 Å². The molecule has 2 aromatic heterocycles. The molecule has 10 heteroatoms. The number of rotatable bonds is 5. The Balaban J connectivity index is 1.55. The van der Waals surface area contributed by atoms with E-state index >= 15 is 0 Å². The van der Waals surface area contributed by atoms with E-state index in [0.29, 0.717) is 23.4 Å². The van der Waals surface area contributed by atoms with Crippen molar-refractivity contribution in [3.05, 3.63) is 72.8 Å². The smallest absolute Gasteiger partial charge is 0.315 e. The average Bonchev–Trinajstić information content (AvgIpc) is 3.34. The summed E-state index contributed by atoms with van der Waals surface area (Å²) in [5.41, 5.74) is 10.8. The first-order chi connectivity index (χ1) is 16.8. The number of nitrogens with zero attached hydrogens (tertiary/aromatic N) is 4. The van der Waals surface area contributed by atoms with Gasteiger partial charge in [-0.15, -0.1) is 0 Å². The van der Waals surface area contributed by atoms with E-state index in [-0.39, 0.29) is 10.9 Å². The topological polar surface area (TPSA) is 131 Å². The van der Waals surface area contributed by atoms with Gasteiger partial charge in [-0.25, -0.2) is 13.2 Å². The zero-order chi connectivity index (χ0) is 24.6. The maximum Gasteiger partial charge on any atom is 0.315 e. The van der Waals surface area contributed by atoms with Crippen LogP contribution < -0.4 is 11.1 Å². The van der Waals surface area contributed by atoms with Crippen molar-refractivity contribution < 1.29 is 13.2 Å². The largest absolute Gasteiger partial charge is 0.353 e. The zero-order valence-corrected chi connectivity index (χ0v) is 19.9. The second-order valence-electron chi connectivity index (χ2n) is 8.53.